The molecule has 0 amide bonds. The lowest BCUT2D eigenvalue weighted by Crippen LogP contribution is -2.30. The average Bonchev–Trinajstić information content (AvgIpc) is 2.28. The van der Waals surface area contributed by atoms with Crippen molar-refractivity contribution in [3.63, 3.8) is 0 Å². The van der Waals surface area contributed by atoms with Crippen LogP contribution in [0.15, 0.2) is 24.5 Å². The summed E-state index contributed by atoms with van der Waals surface area (Å²) in [6.45, 7) is 0. The lowest BCUT2D eigenvalue weighted by atomic mass is 9.77. The second kappa shape index (κ2) is 5.07. The van der Waals surface area contributed by atoms with Crippen LogP contribution in [0, 0.1) is 11.3 Å². The Hall–Kier alpha value is -2.42. The number of carbonyl (C=O) groups is 2. The zero-order valence-corrected chi connectivity index (χ0v) is 8.83. The van der Waals surface area contributed by atoms with Gasteiger partial charge in [-0.25, -0.2) is 0 Å². The van der Waals surface area contributed by atoms with Crippen LogP contribution in [-0.4, -0.2) is 27.1 Å². The molecule has 88 valence electrons. The summed E-state index contributed by atoms with van der Waals surface area (Å²) >= 11 is 0. The average molecular weight is 234 g/mol. The number of aliphatic carboxylic acids is 2. The molecule has 1 aromatic rings. The van der Waals surface area contributed by atoms with Crippen LogP contribution in [0.4, 0.5) is 0 Å². The highest BCUT2D eigenvalue weighted by Crippen LogP contribution is 2.30. The maximum absolute atomic E-state index is 10.8. The van der Waals surface area contributed by atoms with E-state index in [1.807, 2.05) is 0 Å². The third-order valence-corrected chi connectivity index (χ3v) is 2.33. The Balaban J connectivity index is 3.21. The molecule has 1 aromatic heterocycles. The lowest BCUT2D eigenvalue weighted by molar-refractivity contribution is -0.140. The number of carboxylic acids is 2. The van der Waals surface area contributed by atoms with E-state index in [-0.39, 0.29) is 0 Å². The van der Waals surface area contributed by atoms with Crippen molar-refractivity contribution in [2.75, 3.05) is 0 Å². The first-order valence-electron chi connectivity index (χ1n) is 4.75. The zero-order chi connectivity index (χ0) is 12.9. The molecular formula is C11H10N2O4. The molecule has 0 saturated carbocycles. The van der Waals surface area contributed by atoms with E-state index in [2.05, 4.69) is 4.98 Å². The normalized spacial score (nSPS) is 10.5. The molecule has 0 aliphatic rings. The Bertz CT molecular complexity index is 448. The highest BCUT2D eigenvalue weighted by molar-refractivity contribution is 5.75. The van der Waals surface area contributed by atoms with Crippen molar-refractivity contribution >= 4 is 11.9 Å². The third-order valence-electron chi connectivity index (χ3n) is 2.33. The molecule has 0 saturated heterocycles. The van der Waals surface area contributed by atoms with Gasteiger partial charge in [0.15, 0.2) is 0 Å². The molecule has 2 N–H and O–H groups in total. The molecule has 6 nitrogen and oxygen atoms in total. The minimum atomic E-state index is -1.58. The number of nitriles is 1. The van der Waals surface area contributed by atoms with Crippen LogP contribution in [0.2, 0.25) is 0 Å². The Labute approximate surface area is 97.1 Å². The highest BCUT2D eigenvalue weighted by atomic mass is 16.4. The first kappa shape index (κ1) is 12.6. The minimum Gasteiger partial charge on any atom is -0.481 e. The second-order valence-electron chi connectivity index (χ2n) is 3.58. The van der Waals surface area contributed by atoms with Gasteiger partial charge in [-0.15, -0.1) is 0 Å². The molecule has 0 aliphatic heterocycles. The number of nitrogens with zero attached hydrogens (tertiary/aromatic N) is 2. The quantitative estimate of drug-likeness (QED) is 0.779. The number of pyridine rings is 1. The molecule has 6 heteroatoms. The fourth-order valence-electron chi connectivity index (χ4n) is 1.57. The summed E-state index contributed by atoms with van der Waals surface area (Å²) in [5, 5.41) is 26.7. The minimum absolute atomic E-state index is 0.298. The summed E-state index contributed by atoms with van der Waals surface area (Å²) in [5.74, 6) is -2.45. The van der Waals surface area contributed by atoms with Gasteiger partial charge in [-0.3, -0.25) is 14.6 Å². The van der Waals surface area contributed by atoms with Crippen molar-refractivity contribution in [3.8, 4) is 6.07 Å². The standard InChI is InChI=1S/C11H10N2O4/c12-7-11(4-9(14)15,5-10(16)17)8-2-1-3-13-6-8/h1-3,6H,4-5H2,(H,14,15)(H,16,17). The van der Waals surface area contributed by atoms with Gasteiger partial charge in [-0.2, -0.15) is 5.26 Å². The van der Waals surface area contributed by atoms with Gasteiger partial charge in [0.1, 0.15) is 5.41 Å². The van der Waals surface area contributed by atoms with Crippen LogP contribution in [0.3, 0.4) is 0 Å². The molecule has 0 aliphatic carbocycles. The molecule has 1 rings (SSSR count). The number of hydrogen-bond acceptors (Lipinski definition) is 4. The monoisotopic (exact) mass is 234 g/mol. The Morgan fingerprint density at radius 3 is 2.29 bits per heavy atom. The summed E-state index contributed by atoms with van der Waals surface area (Å²) in [4.78, 5) is 25.3. The van der Waals surface area contributed by atoms with Crippen LogP contribution in [0.25, 0.3) is 0 Å². The summed E-state index contributed by atoms with van der Waals surface area (Å²) in [6.07, 6.45) is 1.64. The molecule has 0 fully saturated rings. The summed E-state index contributed by atoms with van der Waals surface area (Å²) in [7, 11) is 0. The second-order valence-corrected chi connectivity index (χ2v) is 3.58. The van der Waals surface area contributed by atoms with Crippen molar-refractivity contribution in [3.05, 3.63) is 30.1 Å². The van der Waals surface area contributed by atoms with E-state index in [9.17, 15) is 9.59 Å². The van der Waals surface area contributed by atoms with E-state index in [0.29, 0.717) is 5.56 Å². The van der Waals surface area contributed by atoms with E-state index in [4.69, 9.17) is 15.5 Å². The van der Waals surface area contributed by atoms with Gasteiger partial charge in [0.25, 0.3) is 0 Å². The van der Waals surface area contributed by atoms with E-state index in [1.54, 1.807) is 6.07 Å². The molecule has 0 bridgehead atoms. The van der Waals surface area contributed by atoms with Crippen molar-refractivity contribution in [2.24, 2.45) is 0 Å². The smallest absolute Gasteiger partial charge is 0.305 e. The van der Waals surface area contributed by atoms with Gasteiger partial charge in [0, 0.05) is 12.4 Å². The van der Waals surface area contributed by atoms with Gasteiger partial charge < -0.3 is 10.2 Å². The molecular weight excluding hydrogens is 224 g/mol. The molecule has 0 atom stereocenters. The highest BCUT2D eigenvalue weighted by Gasteiger charge is 2.37. The van der Waals surface area contributed by atoms with Crippen molar-refractivity contribution in [1.82, 2.24) is 4.98 Å². The van der Waals surface area contributed by atoms with Crippen LogP contribution >= 0.6 is 0 Å². The zero-order valence-electron chi connectivity index (χ0n) is 8.83. The largest absolute Gasteiger partial charge is 0.481 e. The molecule has 1 heterocycles. The topological polar surface area (TPSA) is 111 Å². The first-order chi connectivity index (χ1) is 8.00. The van der Waals surface area contributed by atoms with Gasteiger partial charge >= 0.3 is 11.9 Å². The summed E-state index contributed by atoms with van der Waals surface area (Å²) < 4.78 is 0. The molecule has 0 spiro atoms. The molecule has 0 unspecified atom stereocenters. The van der Waals surface area contributed by atoms with Crippen molar-refractivity contribution < 1.29 is 19.8 Å². The number of carboxylic acid groups (broad SMARTS) is 2. The Morgan fingerprint density at radius 2 is 1.94 bits per heavy atom. The molecule has 0 aromatic carbocycles. The Morgan fingerprint density at radius 1 is 1.35 bits per heavy atom. The van der Waals surface area contributed by atoms with Crippen LogP contribution < -0.4 is 0 Å². The van der Waals surface area contributed by atoms with Crippen LogP contribution in [-0.2, 0) is 15.0 Å². The van der Waals surface area contributed by atoms with E-state index in [1.165, 1.54) is 24.5 Å². The van der Waals surface area contributed by atoms with Crippen LogP contribution in [0.1, 0.15) is 18.4 Å². The van der Waals surface area contributed by atoms with Crippen LogP contribution in [0.5, 0.6) is 0 Å². The van der Waals surface area contributed by atoms with Gasteiger partial charge in [0.2, 0.25) is 0 Å². The maximum Gasteiger partial charge on any atom is 0.305 e. The van der Waals surface area contributed by atoms with E-state index < -0.39 is 30.2 Å². The number of rotatable bonds is 5. The van der Waals surface area contributed by atoms with Gasteiger partial charge in [-0.05, 0) is 11.6 Å². The number of hydrogen-bond donors (Lipinski definition) is 2. The summed E-state index contributed by atoms with van der Waals surface area (Å²) in [6, 6.07) is 4.83. The molecule has 17 heavy (non-hydrogen) atoms. The summed E-state index contributed by atoms with van der Waals surface area (Å²) in [5.41, 5.74) is -1.28. The predicted octanol–water partition coefficient (Wildman–Crippen LogP) is 0.792. The van der Waals surface area contributed by atoms with E-state index >= 15 is 0 Å². The van der Waals surface area contributed by atoms with Gasteiger partial charge in [-0.1, -0.05) is 6.07 Å². The fourth-order valence-corrected chi connectivity index (χ4v) is 1.57. The van der Waals surface area contributed by atoms with Crippen molar-refractivity contribution in [1.29, 1.82) is 5.26 Å². The van der Waals surface area contributed by atoms with Crippen molar-refractivity contribution in [2.45, 2.75) is 18.3 Å². The SMILES string of the molecule is N#CC(CC(=O)O)(CC(=O)O)c1cccnc1. The lowest BCUT2D eigenvalue weighted by Gasteiger charge is -2.22. The molecule has 0 radical (unpaired) electrons. The van der Waals surface area contributed by atoms with E-state index in [0.717, 1.165) is 0 Å². The number of aromatic nitrogens is 1. The third kappa shape index (κ3) is 3.01. The fraction of sp³-hybridized carbons (Fsp3) is 0.273. The predicted molar refractivity (Wildman–Crippen MR) is 56.0 cm³/mol. The Kier molecular flexibility index (Phi) is 3.78. The first-order valence-corrected chi connectivity index (χ1v) is 4.75. The maximum atomic E-state index is 10.8. The van der Waals surface area contributed by atoms with Gasteiger partial charge in [0.05, 0.1) is 18.9 Å².